The zero-order valence-corrected chi connectivity index (χ0v) is 9.44. The molecule has 0 bridgehead atoms. The zero-order chi connectivity index (χ0) is 10.6. The van der Waals surface area contributed by atoms with Gasteiger partial charge in [0.2, 0.25) is 10.0 Å². The van der Waals surface area contributed by atoms with Crippen LogP contribution in [0.5, 0.6) is 0 Å². The van der Waals surface area contributed by atoms with Crippen molar-refractivity contribution in [1.29, 1.82) is 0 Å². The first-order valence-corrected chi connectivity index (χ1v) is 5.50. The molecule has 0 aliphatic heterocycles. The van der Waals surface area contributed by atoms with E-state index in [1.165, 1.54) is 18.2 Å². The van der Waals surface area contributed by atoms with Gasteiger partial charge >= 0.3 is 0 Å². The maximum atomic E-state index is 12.7. The summed E-state index contributed by atoms with van der Waals surface area (Å²) < 4.78 is 37.8. The Morgan fingerprint density at radius 2 is 2.07 bits per heavy atom. The fourth-order valence-corrected chi connectivity index (χ4v) is 1.99. The molecule has 0 amide bonds. The van der Waals surface area contributed by atoms with Gasteiger partial charge in [-0.3, -0.25) is 0 Å². The van der Waals surface area contributed by atoms with Gasteiger partial charge in [0.1, 0.15) is 5.82 Å². The summed E-state index contributed by atoms with van der Waals surface area (Å²) in [6, 6.07) is 4.80. The van der Waals surface area contributed by atoms with Crippen LogP contribution in [-0.2, 0) is 10.0 Å². The fourth-order valence-electron chi connectivity index (χ4n) is 0.911. The van der Waals surface area contributed by atoms with Crippen molar-refractivity contribution in [3.8, 4) is 0 Å². The third kappa shape index (κ3) is 4.13. The van der Waals surface area contributed by atoms with E-state index in [0.29, 0.717) is 0 Å². The minimum Gasteiger partial charge on any atom is -0.329 e. The topological polar surface area (TPSA) is 72.2 Å². The predicted molar refractivity (Wildman–Crippen MR) is 57.9 cm³/mol. The third-order valence-electron chi connectivity index (χ3n) is 1.54. The normalized spacial score (nSPS) is 10.8. The molecule has 1 aromatic carbocycles. The SMILES string of the molecule is Cl.NCCNS(=O)(=O)c1cccc(F)c1. The van der Waals surface area contributed by atoms with Crippen LogP contribution >= 0.6 is 12.4 Å². The molecule has 0 aliphatic rings. The molecule has 0 saturated heterocycles. The lowest BCUT2D eigenvalue weighted by molar-refractivity contribution is 0.578. The monoisotopic (exact) mass is 254 g/mol. The van der Waals surface area contributed by atoms with Crippen molar-refractivity contribution in [3.05, 3.63) is 30.1 Å². The lowest BCUT2D eigenvalue weighted by Gasteiger charge is -2.04. The van der Waals surface area contributed by atoms with E-state index in [1.807, 2.05) is 0 Å². The van der Waals surface area contributed by atoms with Crippen LogP contribution in [0.15, 0.2) is 29.2 Å². The second kappa shape index (κ2) is 6.02. The molecular formula is C8H12ClFN2O2S. The van der Waals surface area contributed by atoms with Gasteiger partial charge in [0.15, 0.2) is 0 Å². The molecule has 15 heavy (non-hydrogen) atoms. The van der Waals surface area contributed by atoms with Crippen molar-refractivity contribution < 1.29 is 12.8 Å². The molecule has 0 unspecified atom stereocenters. The fraction of sp³-hybridized carbons (Fsp3) is 0.250. The summed E-state index contributed by atoms with van der Waals surface area (Å²) in [6.45, 7) is 0.341. The van der Waals surface area contributed by atoms with Crippen LogP contribution in [0.2, 0.25) is 0 Å². The first kappa shape index (κ1) is 14.3. The molecule has 0 aromatic heterocycles. The van der Waals surface area contributed by atoms with E-state index in [0.717, 1.165) is 6.07 Å². The van der Waals surface area contributed by atoms with E-state index >= 15 is 0 Å². The van der Waals surface area contributed by atoms with Crippen LogP contribution in [0, 0.1) is 5.82 Å². The molecule has 1 rings (SSSR count). The van der Waals surface area contributed by atoms with Gasteiger partial charge in [-0.05, 0) is 18.2 Å². The molecule has 7 heteroatoms. The van der Waals surface area contributed by atoms with Gasteiger partial charge in [-0.1, -0.05) is 6.07 Å². The molecule has 0 atom stereocenters. The number of halogens is 2. The second-order valence-corrected chi connectivity index (χ2v) is 4.41. The van der Waals surface area contributed by atoms with Crippen LogP contribution in [0.4, 0.5) is 4.39 Å². The highest BCUT2D eigenvalue weighted by Gasteiger charge is 2.12. The van der Waals surface area contributed by atoms with Crippen molar-refractivity contribution in [1.82, 2.24) is 4.72 Å². The first-order chi connectivity index (χ1) is 6.56. The summed E-state index contributed by atoms with van der Waals surface area (Å²) in [5, 5.41) is 0. The summed E-state index contributed by atoms with van der Waals surface area (Å²) in [4.78, 5) is -0.0917. The molecule has 0 heterocycles. The molecule has 0 fully saturated rings. The van der Waals surface area contributed by atoms with Crippen LogP contribution in [-0.4, -0.2) is 21.5 Å². The average molecular weight is 255 g/mol. The second-order valence-electron chi connectivity index (χ2n) is 2.64. The number of nitrogens with two attached hydrogens (primary N) is 1. The van der Waals surface area contributed by atoms with Gasteiger partial charge in [-0.2, -0.15) is 0 Å². The smallest absolute Gasteiger partial charge is 0.240 e. The van der Waals surface area contributed by atoms with E-state index < -0.39 is 15.8 Å². The molecule has 0 saturated carbocycles. The first-order valence-electron chi connectivity index (χ1n) is 4.01. The molecule has 0 radical (unpaired) electrons. The molecular weight excluding hydrogens is 243 g/mol. The van der Waals surface area contributed by atoms with Crippen molar-refractivity contribution >= 4 is 22.4 Å². The molecule has 0 aliphatic carbocycles. The Labute approximate surface area is 94.1 Å². The van der Waals surface area contributed by atoms with E-state index in [2.05, 4.69) is 4.72 Å². The van der Waals surface area contributed by atoms with Crippen LogP contribution in [0.1, 0.15) is 0 Å². The van der Waals surface area contributed by atoms with Gasteiger partial charge < -0.3 is 5.73 Å². The Morgan fingerprint density at radius 1 is 1.40 bits per heavy atom. The largest absolute Gasteiger partial charge is 0.329 e. The van der Waals surface area contributed by atoms with Gasteiger partial charge in [0.25, 0.3) is 0 Å². The lowest BCUT2D eigenvalue weighted by atomic mass is 10.4. The van der Waals surface area contributed by atoms with Gasteiger partial charge in [-0.25, -0.2) is 17.5 Å². The Morgan fingerprint density at radius 3 is 2.60 bits per heavy atom. The Bertz CT molecular complexity index is 411. The minimum atomic E-state index is -3.61. The summed E-state index contributed by atoms with van der Waals surface area (Å²) in [5.41, 5.74) is 5.14. The van der Waals surface area contributed by atoms with Crippen molar-refractivity contribution in [2.75, 3.05) is 13.1 Å². The Kier molecular flexibility index (Phi) is 5.74. The predicted octanol–water partition coefficient (Wildman–Crippen LogP) is 0.484. The van der Waals surface area contributed by atoms with E-state index in [4.69, 9.17) is 5.73 Å². The van der Waals surface area contributed by atoms with Crippen LogP contribution < -0.4 is 10.5 Å². The standard InChI is InChI=1S/C8H11FN2O2S.ClH/c9-7-2-1-3-8(6-7)14(12,13)11-5-4-10;/h1-3,6,11H,4-5,10H2;1H. The van der Waals surface area contributed by atoms with E-state index in [-0.39, 0.29) is 30.4 Å². The van der Waals surface area contributed by atoms with Gasteiger partial charge in [0, 0.05) is 13.1 Å². The number of sulfonamides is 1. The van der Waals surface area contributed by atoms with E-state index in [1.54, 1.807) is 0 Å². The summed E-state index contributed by atoms with van der Waals surface area (Å²) >= 11 is 0. The number of hydrogen-bond acceptors (Lipinski definition) is 3. The number of hydrogen-bond donors (Lipinski definition) is 2. The third-order valence-corrected chi connectivity index (χ3v) is 3.00. The van der Waals surface area contributed by atoms with Gasteiger partial charge in [0.05, 0.1) is 4.90 Å². The van der Waals surface area contributed by atoms with Crippen molar-refractivity contribution in [3.63, 3.8) is 0 Å². The average Bonchev–Trinajstić information content (AvgIpc) is 2.15. The Balaban J connectivity index is 0.00000196. The summed E-state index contributed by atoms with van der Waals surface area (Å²) in [5.74, 6) is -0.583. The van der Waals surface area contributed by atoms with Crippen molar-refractivity contribution in [2.24, 2.45) is 5.73 Å². The van der Waals surface area contributed by atoms with Gasteiger partial charge in [-0.15, -0.1) is 12.4 Å². The summed E-state index contributed by atoms with van der Waals surface area (Å²) in [7, 11) is -3.61. The number of rotatable bonds is 4. The molecule has 4 nitrogen and oxygen atoms in total. The highest BCUT2D eigenvalue weighted by molar-refractivity contribution is 7.89. The minimum absolute atomic E-state index is 0. The molecule has 0 spiro atoms. The van der Waals surface area contributed by atoms with Crippen LogP contribution in [0.25, 0.3) is 0 Å². The summed E-state index contributed by atoms with van der Waals surface area (Å²) in [6.07, 6.45) is 0. The molecule has 3 N–H and O–H groups in total. The maximum absolute atomic E-state index is 12.7. The number of nitrogens with one attached hydrogen (secondary N) is 1. The van der Waals surface area contributed by atoms with E-state index in [9.17, 15) is 12.8 Å². The number of benzene rings is 1. The maximum Gasteiger partial charge on any atom is 0.240 e. The molecule has 1 aromatic rings. The molecule has 86 valence electrons. The quantitative estimate of drug-likeness (QED) is 0.821. The zero-order valence-electron chi connectivity index (χ0n) is 7.81. The van der Waals surface area contributed by atoms with Crippen molar-refractivity contribution in [2.45, 2.75) is 4.90 Å². The highest BCUT2D eigenvalue weighted by atomic mass is 35.5. The lowest BCUT2D eigenvalue weighted by Crippen LogP contribution is -2.29. The Hall–Kier alpha value is -0.690. The van der Waals surface area contributed by atoms with Crippen LogP contribution in [0.3, 0.4) is 0 Å². The highest BCUT2D eigenvalue weighted by Crippen LogP contribution is 2.09.